The van der Waals surface area contributed by atoms with E-state index in [1.54, 1.807) is 0 Å². The van der Waals surface area contributed by atoms with Crippen LogP contribution < -0.4 is 4.74 Å². The van der Waals surface area contributed by atoms with Gasteiger partial charge in [-0.15, -0.1) is 0 Å². The number of carboxylic acids is 1. The quantitative estimate of drug-likeness (QED) is 0.828. The number of rotatable bonds is 4. The monoisotopic (exact) mass is 263 g/mol. The van der Waals surface area contributed by atoms with Crippen molar-refractivity contribution in [3.8, 4) is 5.75 Å². The number of aromatic carboxylic acids is 1. The van der Waals surface area contributed by atoms with Crippen LogP contribution in [-0.4, -0.2) is 29.0 Å². The third kappa shape index (κ3) is 2.33. The smallest absolute Gasteiger partial charge is 0.352 e. The Morgan fingerprint density at radius 3 is 2.68 bits per heavy atom. The van der Waals surface area contributed by atoms with Crippen LogP contribution in [0.25, 0.3) is 0 Å². The first-order valence-electron chi connectivity index (χ1n) is 5.33. The Labute approximate surface area is 107 Å². The molecule has 98 valence electrons. The molecule has 0 saturated heterocycles. The molecule has 1 aromatic heterocycles. The van der Waals surface area contributed by atoms with Crippen molar-refractivity contribution in [3.05, 3.63) is 53.1 Å². The number of ether oxygens (including phenoxy) is 1. The Bertz CT molecular complexity index is 648. The van der Waals surface area contributed by atoms with Crippen molar-refractivity contribution in [1.29, 1.82) is 0 Å². The summed E-state index contributed by atoms with van der Waals surface area (Å²) in [5, 5.41) is 8.76. The van der Waals surface area contributed by atoms with Crippen LogP contribution in [0.4, 0.5) is 4.39 Å². The van der Waals surface area contributed by atoms with Crippen molar-refractivity contribution >= 4 is 11.8 Å². The third-order valence-electron chi connectivity index (χ3n) is 2.60. The summed E-state index contributed by atoms with van der Waals surface area (Å²) in [7, 11) is 1.32. The fourth-order valence-corrected chi connectivity index (χ4v) is 1.69. The van der Waals surface area contributed by atoms with E-state index >= 15 is 0 Å². The van der Waals surface area contributed by atoms with Crippen molar-refractivity contribution in [3.63, 3.8) is 0 Å². The van der Waals surface area contributed by atoms with Gasteiger partial charge in [-0.05, 0) is 18.2 Å². The lowest BCUT2D eigenvalue weighted by atomic mass is 10.0. The molecule has 0 atom stereocenters. The number of carbonyl (C=O) groups is 2. The predicted molar refractivity (Wildman–Crippen MR) is 64.1 cm³/mol. The summed E-state index contributed by atoms with van der Waals surface area (Å²) in [6.45, 7) is 0. The molecule has 0 aliphatic carbocycles. The zero-order chi connectivity index (χ0) is 14.0. The summed E-state index contributed by atoms with van der Waals surface area (Å²) in [6.07, 6.45) is 1.22. The standard InChI is InChI=1S/C13H10FNO4/c1-19-10-4-2-3-8(14)11(10)12(16)7-5-9(13(17)18)15-6-7/h2-6,15H,1H3,(H,17,18). The number of halogens is 1. The van der Waals surface area contributed by atoms with Gasteiger partial charge in [0.2, 0.25) is 5.78 Å². The van der Waals surface area contributed by atoms with E-state index in [9.17, 15) is 14.0 Å². The van der Waals surface area contributed by atoms with Crippen LogP contribution in [0.1, 0.15) is 26.4 Å². The van der Waals surface area contributed by atoms with E-state index in [0.717, 1.165) is 12.1 Å². The third-order valence-corrected chi connectivity index (χ3v) is 2.60. The van der Waals surface area contributed by atoms with Gasteiger partial charge in [0.1, 0.15) is 22.8 Å². The van der Waals surface area contributed by atoms with Crippen LogP contribution in [0.15, 0.2) is 30.5 Å². The van der Waals surface area contributed by atoms with E-state index in [1.165, 1.54) is 25.4 Å². The number of nitrogens with one attached hydrogen (secondary N) is 1. The number of hydrogen-bond donors (Lipinski definition) is 2. The lowest BCUT2D eigenvalue weighted by molar-refractivity contribution is 0.0691. The molecule has 2 aromatic rings. The van der Waals surface area contributed by atoms with Gasteiger partial charge < -0.3 is 14.8 Å². The lowest BCUT2D eigenvalue weighted by Gasteiger charge is -2.07. The van der Waals surface area contributed by atoms with E-state index in [4.69, 9.17) is 9.84 Å². The lowest BCUT2D eigenvalue weighted by Crippen LogP contribution is -2.06. The highest BCUT2D eigenvalue weighted by molar-refractivity contribution is 6.11. The first-order valence-corrected chi connectivity index (χ1v) is 5.33. The molecule has 0 fully saturated rings. The number of aromatic nitrogens is 1. The van der Waals surface area contributed by atoms with Gasteiger partial charge in [-0.1, -0.05) is 6.07 Å². The van der Waals surface area contributed by atoms with Gasteiger partial charge in [0, 0.05) is 11.8 Å². The van der Waals surface area contributed by atoms with Gasteiger partial charge in [0.05, 0.1) is 7.11 Å². The Hall–Kier alpha value is -2.63. The molecule has 5 nitrogen and oxygen atoms in total. The second-order valence-corrected chi connectivity index (χ2v) is 3.75. The molecule has 0 saturated carbocycles. The number of H-pyrrole nitrogens is 1. The topological polar surface area (TPSA) is 79.4 Å². The number of hydrogen-bond acceptors (Lipinski definition) is 3. The number of benzene rings is 1. The van der Waals surface area contributed by atoms with Crippen LogP contribution in [0, 0.1) is 5.82 Å². The molecular weight excluding hydrogens is 253 g/mol. The van der Waals surface area contributed by atoms with Crippen LogP contribution in [0.2, 0.25) is 0 Å². The van der Waals surface area contributed by atoms with Crippen molar-refractivity contribution in [2.75, 3.05) is 7.11 Å². The second kappa shape index (κ2) is 4.93. The molecule has 0 aliphatic rings. The molecule has 2 rings (SSSR count). The molecule has 0 radical (unpaired) electrons. The SMILES string of the molecule is COc1cccc(F)c1C(=O)c1c[nH]c(C(=O)O)c1. The highest BCUT2D eigenvalue weighted by atomic mass is 19.1. The van der Waals surface area contributed by atoms with E-state index in [-0.39, 0.29) is 22.6 Å². The van der Waals surface area contributed by atoms with E-state index in [2.05, 4.69) is 4.98 Å². The zero-order valence-corrected chi connectivity index (χ0v) is 9.94. The van der Waals surface area contributed by atoms with Crippen molar-refractivity contribution in [2.24, 2.45) is 0 Å². The molecule has 6 heteroatoms. The van der Waals surface area contributed by atoms with Crippen molar-refractivity contribution in [1.82, 2.24) is 4.98 Å². The highest BCUT2D eigenvalue weighted by Gasteiger charge is 2.21. The molecule has 2 N–H and O–H groups in total. The maximum absolute atomic E-state index is 13.7. The fourth-order valence-electron chi connectivity index (χ4n) is 1.69. The first kappa shape index (κ1) is 12.8. The molecule has 0 unspecified atom stereocenters. The molecule has 1 aromatic carbocycles. The van der Waals surface area contributed by atoms with Gasteiger partial charge in [0.15, 0.2) is 0 Å². The molecular formula is C13H10FNO4. The molecule has 0 amide bonds. The molecule has 0 spiro atoms. The zero-order valence-electron chi connectivity index (χ0n) is 9.94. The Morgan fingerprint density at radius 1 is 1.37 bits per heavy atom. The van der Waals surface area contributed by atoms with E-state index in [0.29, 0.717) is 0 Å². The number of carboxylic acid groups (broad SMARTS) is 1. The number of carbonyl (C=O) groups excluding carboxylic acids is 1. The van der Waals surface area contributed by atoms with Crippen molar-refractivity contribution < 1.29 is 23.8 Å². The van der Waals surface area contributed by atoms with Gasteiger partial charge in [-0.25, -0.2) is 9.18 Å². The van der Waals surface area contributed by atoms with Crippen LogP contribution >= 0.6 is 0 Å². The first-order chi connectivity index (χ1) is 9.04. The summed E-state index contributed by atoms with van der Waals surface area (Å²) in [4.78, 5) is 25.3. The summed E-state index contributed by atoms with van der Waals surface area (Å²) < 4.78 is 18.6. The Balaban J connectivity index is 2.46. The number of methoxy groups -OCH3 is 1. The predicted octanol–water partition coefficient (Wildman–Crippen LogP) is 2.09. The minimum absolute atomic E-state index is 0.0563. The van der Waals surface area contributed by atoms with Crippen LogP contribution in [0.3, 0.4) is 0 Å². The van der Waals surface area contributed by atoms with Crippen molar-refractivity contribution in [2.45, 2.75) is 0 Å². The minimum Gasteiger partial charge on any atom is -0.496 e. The maximum Gasteiger partial charge on any atom is 0.352 e. The molecule has 0 bridgehead atoms. The average molecular weight is 263 g/mol. The van der Waals surface area contributed by atoms with Gasteiger partial charge >= 0.3 is 5.97 Å². The van der Waals surface area contributed by atoms with Gasteiger partial charge in [-0.2, -0.15) is 0 Å². The van der Waals surface area contributed by atoms with Crippen LogP contribution in [-0.2, 0) is 0 Å². The summed E-state index contributed by atoms with van der Waals surface area (Å²) >= 11 is 0. The Kier molecular flexibility index (Phi) is 3.33. The van der Waals surface area contributed by atoms with Gasteiger partial charge in [-0.3, -0.25) is 4.79 Å². The van der Waals surface area contributed by atoms with Crippen LogP contribution in [0.5, 0.6) is 5.75 Å². The van der Waals surface area contributed by atoms with E-state index in [1.807, 2.05) is 0 Å². The highest BCUT2D eigenvalue weighted by Crippen LogP contribution is 2.24. The maximum atomic E-state index is 13.7. The minimum atomic E-state index is -1.19. The fraction of sp³-hybridized carbons (Fsp3) is 0.0769. The molecule has 19 heavy (non-hydrogen) atoms. The van der Waals surface area contributed by atoms with E-state index < -0.39 is 17.6 Å². The number of aromatic amines is 1. The second-order valence-electron chi connectivity index (χ2n) is 3.75. The summed E-state index contributed by atoms with van der Waals surface area (Å²) in [5.41, 5.74) is -0.305. The average Bonchev–Trinajstić information content (AvgIpc) is 2.87. The molecule has 0 aliphatic heterocycles. The number of ketones is 1. The Morgan fingerprint density at radius 2 is 2.11 bits per heavy atom. The largest absolute Gasteiger partial charge is 0.496 e. The normalized spacial score (nSPS) is 10.2. The summed E-state index contributed by atoms with van der Waals surface area (Å²) in [6, 6.07) is 5.17. The molecule has 1 heterocycles. The van der Waals surface area contributed by atoms with Gasteiger partial charge in [0.25, 0.3) is 0 Å². The summed E-state index contributed by atoms with van der Waals surface area (Å²) in [5.74, 6) is -2.45.